The van der Waals surface area contributed by atoms with E-state index >= 15 is 0 Å². The first-order chi connectivity index (χ1) is 11.6. The van der Waals surface area contributed by atoms with Gasteiger partial charge in [-0.3, -0.25) is 4.79 Å². The number of carbonyl (C=O) groups excluding carboxylic acids is 1. The normalized spacial score (nSPS) is 11.3. The molecule has 0 spiro atoms. The molecule has 0 saturated heterocycles. The van der Waals surface area contributed by atoms with Crippen LogP contribution in [0.25, 0.3) is 17.0 Å². The molecule has 0 unspecified atom stereocenters. The highest BCUT2D eigenvalue weighted by Gasteiger charge is 2.12. The van der Waals surface area contributed by atoms with Crippen LogP contribution in [-0.2, 0) is 11.8 Å². The summed E-state index contributed by atoms with van der Waals surface area (Å²) < 4.78 is 1.97. The molecule has 0 aliphatic carbocycles. The lowest BCUT2D eigenvalue weighted by molar-refractivity contribution is -0.112. The molecule has 0 aliphatic rings. The number of halogens is 1. The van der Waals surface area contributed by atoms with Gasteiger partial charge in [-0.2, -0.15) is 5.26 Å². The van der Waals surface area contributed by atoms with Gasteiger partial charge in [0.15, 0.2) is 0 Å². The van der Waals surface area contributed by atoms with Crippen molar-refractivity contribution in [3.05, 3.63) is 70.9 Å². The van der Waals surface area contributed by atoms with Gasteiger partial charge >= 0.3 is 0 Å². The summed E-state index contributed by atoms with van der Waals surface area (Å²) in [5, 5.41) is 13.6. The molecular weight excluding hydrogens is 322 g/mol. The number of aromatic nitrogens is 1. The van der Waals surface area contributed by atoms with Gasteiger partial charge in [-0.05, 0) is 36.4 Å². The summed E-state index contributed by atoms with van der Waals surface area (Å²) in [6.45, 7) is 0. The third-order valence-electron chi connectivity index (χ3n) is 3.69. The first-order valence-corrected chi connectivity index (χ1v) is 7.69. The number of hydrogen-bond acceptors (Lipinski definition) is 2. The van der Waals surface area contributed by atoms with E-state index in [1.54, 1.807) is 30.3 Å². The number of benzene rings is 2. The molecule has 118 valence electrons. The molecule has 0 fully saturated rings. The van der Waals surface area contributed by atoms with E-state index in [-0.39, 0.29) is 5.57 Å². The lowest BCUT2D eigenvalue weighted by Crippen LogP contribution is -2.13. The fourth-order valence-electron chi connectivity index (χ4n) is 2.52. The van der Waals surface area contributed by atoms with E-state index < -0.39 is 5.91 Å². The Morgan fingerprint density at radius 1 is 1.21 bits per heavy atom. The van der Waals surface area contributed by atoms with Crippen molar-refractivity contribution in [2.45, 2.75) is 0 Å². The summed E-state index contributed by atoms with van der Waals surface area (Å²) in [7, 11) is 1.93. The minimum atomic E-state index is -0.451. The van der Waals surface area contributed by atoms with Crippen LogP contribution in [0.15, 0.2) is 60.3 Å². The van der Waals surface area contributed by atoms with Crippen molar-refractivity contribution in [1.29, 1.82) is 5.26 Å². The molecule has 0 saturated carbocycles. The molecule has 0 atom stereocenters. The second-order valence-electron chi connectivity index (χ2n) is 5.34. The molecule has 24 heavy (non-hydrogen) atoms. The summed E-state index contributed by atoms with van der Waals surface area (Å²) in [6, 6.07) is 16.5. The number of nitrogens with zero attached hydrogens (tertiary/aromatic N) is 2. The molecule has 1 N–H and O–H groups in total. The van der Waals surface area contributed by atoms with Crippen LogP contribution in [0.5, 0.6) is 0 Å². The minimum absolute atomic E-state index is 0.0429. The SMILES string of the molecule is Cn1cc(C=C(C#N)C(=O)Nc2ccc(Cl)cc2)c2ccccc21. The van der Waals surface area contributed by atoms with E-state index in [1.807, 2.05) is 48.1 Å². The maximum absolute atomic E-state index is 12.3. The predicted molar refractivity (Wildman–Crippen MR) is 96.6 cm³/mol. The van der Waals surface area contributed by atoms with Gasteiger partial charge in [0.1, 0.15) is 11.6 Å². The molecule has 0 bridgehead atoms. The Bertz CT molecular complexity index is 978. The average molecular weight is 336 g/mol. The number of anilines is 1. The largest absolute Gasteiger partial charge is 0.350 e. The van der Waals surface area contributed by atoms with Crippen LogP contribution in [0.4, 0.5) is 5.69 Å². The van der Waals surface area contributed by atoms with Crippen molar-refractivity contribution in [3.8, 4) is 6.07 Å². The highest BCUT2D eigenvalue weighted by atomic mass is 35.5. The Hall–Kier alpha value is -3.03. The van der Waals surface area contributed by atoms with Crippen LogP contribution < -0.4 is 5.32 Å². The first kappa shape index (κ1) is 15.9. The van der Waals surface area contributed by atoms with Gasteiger partial charge in [0.2, 0.25) is 0 Å². The summed E-state index contributed by atoms with van der Waals surface area (Å²) in [4.78, 5) is 12.3. The fourth-order valence-corrected chi connectivity index (χ4v) is 2.65. The van der Waals surface area contributed by atoms with E-state index in [4.69, 9.17) is 11.6 Å². The maximum Gasteiger partial charge on any atom is 0.266 e. The smallest absolute Gasteiger partial charge is 0.266 e. The van der Waals surface area contributed by atoms with E-state index in [0.29, 0.717) is 10.7 Å². The quantitative estimate of drug-likeness (QED) is 0.570. The Kier molecular flexibility index (Phi) is 4.37. The van der Waals surface area contributed by atoms with Crippen LogP contribution in [0.2, 0.25) is 5.02 Å². The number of nitriles is 1. The summed E-state index contributed by atoms with van der Waals surface area (Å²) >= 11 is 5.82. The predicted octanol–water partition coefficient (Wildman–Crippen LogP) is 4.38. The highest BCUT2D eigenvalue weighted by molar-refractivity contribution is 6.30. The zero-order valence-electron chi connectivity index (χ0n) is 13.0. The maximum atomic E-state index is 12.3. The number of aryl methyl sites for hydroxylation is 1. The average Bonchev–Trinajstić information content (AvgIpc) is 2.91. The van der Waals surface area contributed by atoms with E-state index in [2.05, 4.69) is 5.32 Å². The van der Waals surface area contributed by atoms with Crippen molar-refractivity contribution in [2.75, 3.05) is 5.32 Å². The van der Waals surface area contributed by atoms with Gasteiger partial charge in [-0.25, -0.2) is 0 Å². The van der Waals surface area contributed by atoms with Crippen molar-refractivity contribution in [2.24, 2.45) is 7.05 Å². The Morgan fingerprint density at radius 3 is 2.62 bits per heavy atom. The van der Waals surface area contributed by atoms with E-state index in [9.17, 15) is 10.1 Å². The monoisotopic (exact) mass is 335 g/mol. The third kappa shape index (κ3) is 3.17. The van der Waals surface area contributed by atoms with Crippen molar-refractivity contribution >= 4 is 40.2 Å². The third-order valence-corrected chi connectivity index (χ3v) is 3.95. The van der Waals surface area contributed by atoms with Gasteiger partial charge in [-0.1, -0.05) is 29.8 Å². The lowest BCUT2D eigenvalue weighted by atomic mass is 10.1. The summed E-state index contributed by atoms with van der Waals surface area (Å²) in [5.74, 6) is -0.451. The summed E-state index contributed by atoms with van der Waals surface area (Å²) in [6.07, 6.45) is 3.51. The summed E-state index contributed by atoms with van der Waals surface area (Å²) in [5.41, 5.74) is 2.50. The zero-order valence-corrected chi connectivity index (χ0v) is 13.7. The first-order valence-electron chi connectivity index (χ1n) is 7.31. The second kappa shape index (κ2) is 6.61. The van der Waals surface area contributed by atoms with Crippen molar-refractivity contribution in [3.63, 3.8) is 0 Å². The molecule has 4 nitrogen and oxygen atoms in total. The number of nitrogens with one attached hydrogen (secondary N) is 1. The zero-order chi connectivity index (χ0) is 17.1. The molecular formula is C19H14ClN3O. The molecule has 5 heteroatoms. The topological polar surface area (TPSA) is 57.8 Å². The van der Waals surface area contributed by atoms with Crippen LogP contribution in [0, 0.1) is 11.3 Å². The lowest BCUT2D eigenvalue weighted by Gasteiger charge is -2.04. The molecule has 1 heterocycles. The van der Waals surface area contributed by atoms with E-state index in [0.717, 1.165) is 16.5 Å². The molecule has 1 aromatic heterocycles. The van der Waals surface area contributed by atoms with Gasteiger partial charge in [0.25, 0.3) is 5.91 Å². The molecule has 3 rings (SSSR count). The van der Waals surface area contributed by atoms with Gasteiger partial charge in [0, 0.05) is 40.4 Å². The Balaban J connectivity index is 1.92. The molecule has 3 aromatic rings. The van der Waals surface area contributed by atoms with Gasteiger partial charge in [0.05, 0.1) is 0 Å². The standard InChI is InChI=1S/C19H14ClN3O/c1-23-12-14(17-4-2-3-5-18(17)23)10-13(11-21)19(24)22-16-8-6-15(20)7-9-16/h2-10,12H,1H3,(H,22,24). The van der Waals surface area contributed by atoms with Crippen LogP contribution in [0.1, 0.15) is 5.56 Å². The molecule has 1 amide bonds. The minimum Gasteiger partial charge on any atom is -0.350 e. The fraction of sp³-hybridized carbons (Fsp3) is 0.0526. The molecule has 0 aliphatic heterocycles. The number of para-hydroxylation sites is 1. The van der Waals surface area contributed by atoms with Crippen molar-refractivity contribution in [1.82, 2.24) is 4.57 Å². The van der Waals surface area contributed by atoms with E-state index in [1.165, 1.54) is 0 Å². The van der Waals surface area contributed by atoms with Crippen LogP contribution >= 0.6 is 11.6 Å². The number of rotatable bonds is 3. The number of fused-ring (bicyclic) bond motifs is 1. The number of amides is 1. The Labute approximate surface area is 144 Å². The van der Waals surface area contributed by atoms with Crippen molar-refractivity contribution < 1.29 is 4.79 Å². The van der Waals surface area contributed by atoms with Gasteiger partial charge in [-0.15, -0.1) is 0 Å². The second-order valence-corrected chi connectivity index (χ2v) is 5.78. The highest BCUT2D eigenvalue weighted by Crippen LogP contribution is 2.23. The number of hydrogen-bond donors (Lipinski definition) is 1. The van der Waals surface area contributed by atoms with Crippen LogP contribution in [-0.4, -0.2) is 10.5 Å². The molecule has 0 radical (unpaired) electrons. The number of carbonyl (C=O) groups is 1. The Morgan fingerprint density at radius 2 is 1.92 bits per heavy atom. The molecule has 2 aromatic carbocycles. The van der Waals surface area contributed by atoms with Gasteiger partial charge < -0.3 is 9.88 Å². The van der Waals surface area contributed by atoms with Crippen LogP contribution in [0.3, 0.4) is 0 Å².